The molecule has 0 aliphatic carbocycles. The molecule has 5 nitrogen and oxygen atoms in total. The smallest absolute Gasteiger partial charge is 0.209 e. The molecule has 0 saturated heterocycles. The predicted molar refractivity (Wildman–Crippen MR) is 76.3 cm³/mol. The molecule has 0 spiro atoms. The number of aliphatic hydroxyl groups excluding tert-OH is 1. The standard InChI is InChI=1S/C12H12N4OS2/c17-6-5-16-12(13-14-15-16)19-8-9-7-18-11-4-2-1-3-10(9)11/h1-4,7,17H,5-6,8H2. The third-order valence-corrected chi connectivity index (χ3v) is 4.75. The number of benzene rings is 1. The van der Waals surface area contributed by atoms with Crippen molar-refractivity contribution in [1.29, 1.82) is 0 Å². The average Bonchev–Trinajstić information content (AvgIpc) is 3.04. The molecule has 0 bridgehead atoms. The van der Waals surface area contributed by atoms with Crippen molar-refractivity contribution in [2.75, 3.05) is 6.61 Å². The van der Waals surface area contributed by atoms with Gasteiger partial charge in [-0.15, -0.1) is 16.4 Å². The highest BCUT2D eigenvalue weighted by atomic mass is 32.2. The van der Waals surface area contributed by atoms with E-state index in [4.69, 9.17) is 5.11 Å². The lowest BCUT2D eigenvalue weighted by atomic mass is 10.2. The summed E-state index contributed by atoms with van der Waals surface area (Å²) in [5.74, 6) is 0.829. The van der Waals surface area contributed by atoms with Gasteiger partial charge in [0.15, 0.2) is 0 Å². The number of fused-ring (bicyclic) bond motifs is 1. The number of aliphatic hydroxyl groups is 1. The molecule has 98 valence electrons. The van der Waals surface area contributed by atoms with E-state index in [1.165, 1.54) is 15.6 Å². The van der Waals surface area contributed by atoms with Crippen LogP contribution in [0, 0.1) is 0 Å². The molecule has 0 unspecified atom stereocenters. The molecule has 0 aliphatic heterocycles. The Morgan fingerprint density at radius 2 is 2.21 bits per heavy atom. The molecule has 0 radical (unpaired) electrons. The van der Waals surface area contributed by atoms with Gasteiger partial charge in [0.1, 0.15) is 0 Å². The van der Waals surface area contributed by atoms with Crippen molar-refractivity contribution in [3.05, 3.63) is 35.2 Å². The van der Waals surface area contributed by atoms with Gasteiger partial charge in [0.05, 0.1) is 13.2 Å². The molecule has 0 atom stereocenters. The fourth-order valence-electron chi connectivity index (χ4n) is 1.82. The Labute approximate surface area is 118 Å². The molecule has 3 aromatic rings. The summed E-state index contributed by atoms with van der Waals surface area (Å²) < 4.78 is 2.92. The summed E-state index contributed by atoms with van der Waals surface area (Å²) in [6.45, 7) is 0.472. The number of tetrazole rings is 1. The number of thioether (sulfide) groups is 1. The Morgan fingerprint density at radius 1 is 1.32 bits per heavy atom. The maximum Gasteiger partial charge on any atom is 0.209 e. The molecule has 0 amide bonds. The third-order valence-electron chi connectivity index (χ3n) is 2.73. The number of hydrogen-bond acceptors (Lipinski definition) is 6. The van der Waals surface area contributed by atoms with Crippen molar-refractivity contribution in [3.63, 3.8) is 0 Å². The Kier molecular flexibility index (Phi) is 3.77. The van der Waals surface area contributed by atoms with E-state index in [9.17, 15) is 0 Å². The largest absolute Gasteiger partial charge is 0.394 e. The zero-order chi connectivity index (χ0) is 13.1. The second-order valence-electron chi connectivity index (χ2n) is 3.95. The second-order valence-corrected chi connectivity index (χ2v) is 5.81. The molecule has 0 saturated carbocycles. The molecule has 3 rings (SSSR count). The lowest BCUT2D eigenvalue weighted by Crippen LogP contribution is -2.05. The summed E-state index contributed by atoms with van der Waals surface area (Å²) in [6, 6.07) is 8.37. The molecule has 1 N–H and O–H groups in total. The minimum Gasteiger partial charge on any atom is -0.394 e. The van der Waals surface area contributed by atoms with E-state index in [1.807, 2.05) is 0 Å². The van der Waals surface area contributed by atoms with Crippen LogP contribution in [0.25, 0.3) is 10.1 Å². The maximum atomic E-state index is 8.93. The first kappa shape index (κ1) is 12.6. The van der Waals surface area contributed by atoms with Gasteiger partial charge in [0, 0.05) is 10.5 Å². The first-order valence-corrected chi connectivity index (χ1v) is 7.70. The molecular weight excluding hydrogens is 280 g/mol. The van der Waals surface area contributed by atoms with Crippen LogP contribution in [-0.4, -0.2) is 31.9 Å². The Morgan fingerprint density at radius 3 is 3.11 bits per heavy atom. The second kappa shape index (κ2) is 5.68. The van der Waals surface area contributed by atoms with Gasteiger partial charge in [0.25, 0.3) is 0 Å². The van der Waals surface area contributed by atoms with Gasteiger partial charge >= 0.3 is 0 Å². The first-order valence-electron chi connectivity index (χ1n) is 5.83. The van der Waals surface area contributed by atoms with Crippen molar-refractivity contribution >= 4 is 33.2 Å². The van der Waals surface area contributed by atoms with Crippen LogP contribution in [0.1, 0.15) is 5.56 Å². The normalized spacial score (nSPS) is 11.2. The lowest BCUT2D eigenvalue weighted by Gasteiger charge is -2.01. The van der Waals surface area contributed by atoms with E-state index >= 15 is 0 Å². The Bertz CT molecular complexity index is 679. The highest BCUT2D eigenvalue weighted by Gasteiger charge is 2.09. The van der Waals surface area contributed by atoms with Crippen LogP contribution in [0.5, 0.6) is 0 Å². The first-order chi connectivity index (χ1) is 9.38. The number of hydrogen-bond donors (Lipinski definition) is 1. The zero-order valence-electron chi connectivity index (χ0n) is 10.1. The number of thiophene rings is 1. The van der Waals surface area contributed by atoms with E-state index in [-0.39, 0.29) is 6.61 Å². The van der Waals surface area contributed by atoms with Crippen molar-refractivity contribution in [1.82, 2.24) is 20.2 Å². The molecule has 2 aromatic heterocycles. The fraction of sp³-hybridized carbons (Fsp3) is 0.250. The highest BCUT2D eigenvalue weighted by molar-refractivity contribution is 7.98. The molecule has 7 heteroatoms. The average molecular weight is 292 g/mol. The summed E-state index contributed by atoms with van der Waals surface area (Å²) in [4.78, 5) is 0. The molecule has 0 aliphatic rings. The minimum atomic E-state index is 0.0416. The number of aromatic nitrogens is 4. The van der Waals surface area contributed by atoms with Crippen molar-refractivity contribution in [3.8, 4) is 0 Å². The Balaban J connectivity index is 1.77. The summed E-state index contributed by atoms with van der Waals surface area (Å²) in [6.07, 6.45) is 0. The minimum absolute atomic E-state index is 0.0416. The highest BCUT2D eigenvalue weighted by Crippen LogP contribution is 2.30. The maximum absolute atomic E-state index is 8.93. The van der Waals surface area contributed by atoms with Crippen molar-refractivity contribution in [2.45, 2.75) is 17.5 Å². The van der Waals surface area contributed by atoms with Gasteiger partial charge in [-0.25, -0.2) is 4.68 Å². The monoisotopic (exact) mass is 292 g/mol. The fourth-order valence-corrected chi connectivity index (χ4v) is 3.78. The van der Waals surface area contributed by atoms with Crippen LogP contribution in [-0.2, 0) is 12.3 Å². The van der Waals surface area contributed by atoms with E-state index in [0.29, 0.717) is 6.54 Å². The van der Waals surface area contributed by atoms with Crippen LogP contribution in [0.3, 0.4) is 0 Å². The van der Waals surface area contributed by atoms with E-state index in [2.05, 4.69) is 45.2 Å². The third kappa shape index (κ3) is 2.63. The van der Waals surface area contributed by atoms with Gasteiger partial charge in [-0.2, -0.15) is 0 Å². The Hall–Kier alpha value is -1.44. The molecular formula is C12H12N4OS2. The van der Waals surface area contributed by atoms with E-state index in [1.54, 1.807) is 27.8 Å². The van der Waals surface area contributed by atoms with Gasteiger partial charge in [0.2, 0.25) is 5.16 Å². The molecule has 1 aromatic carbocycles. The van der Waals surface area contributed by atoms with Crippen LogP contribution in [0.4, 0.5) is 0 Å². The predicted octanol–water partition coefficient (Wildman–Crippen LogP) is 2.17. The van der Waals surface area contributed by atoms with E-state index in [0.717, 1.165) is 10.9 Å². The summed E-state index contributed by atoms with van der Waals surface area (Å²) in [5, 5.41) is 24.6. The molecule has 19 heavy (non-hydrogen) atoms. The van der Waals surface area contributed by atoms with Gasteiger partial charge in [-0.1, -0.05) is 30.0 Å². The van der Waals surface area contributed by atoms with Crippen molar-refractivity contribution in [2.24, 2.45) is 0 Å². The van der Waals surface area contributed by atoms with Gasteiger partial charge in [-0.3, -0.25) is 0 Å². The summed E-state index contributed by atoms with van der Waals surface area (Å²) in [7, 11) is 0. The summed E-state index contributed by atoms with van der Waals surface area (Å²) in [5.41, 5.74) is 1.30. The van der Waals surface area contributed by atoms with Crippen LogP contribution < -0.4 is 0 Å². The zero-order valence-corrected chi connectivity index (χ0v) is 11.7. The van der Waals surface area contributed by atoms with Crippen molar-refractivity contribution < 1.29 is 5.11 Å². The topological polar surface area (TPSA) is 63.8 Å². The SMILES string of the molecule is OCCn1nnnc1SCc1csc2ccccc12. The van der Waals surface area contributed by atoms with Crippen LogP contribution in [0.2, 0.25) is 0 Å². The van der Waals surface area contributed by atoms with Gasteiger partial charge in [-0.05, 0) is 32.8 Å². The van der Waals surface area contributed by atoms with Gasteiger partial charge < -0.3 is 5.11 Å². The number of rotatable bonds is 5. The van der Waals surface area contributed by atoms with Crippen LogP contribution >= 0.6 is 23.1 Å². The molecule has 2 heterocycles. The summed E-state index contributed by atoms with van der Waals surface area (Å²) >= 11 is 3.34. The number of nitrogens with zero attached hydrogens (tertiary/aromatic N) is 4. The molecule has 0 fully saturated rings. The van der Waals surface area contributed by atoms with E-state index < -0.39 is 0 Å². The van der Waals surface area contributed by atoms with Crippen LogP contribution in [0.15, 0.2) is 34.8 Å². The quantitative estimate of drug-likeness (QED) is 0.730. The lowest BCUT2D eigenvalue weighted by molar-refractivity contribution is 0.262.